The smallest absolute Gasteiger partial charge is 0.226 e. The number of amides is 1. The van der Waals surface area contributed by atoms with Gasteiger partial charge in [-0.3, -0.25) is 9.69 Å². The van der Waals surface area contributed by atoms with Crippen molar-refractivity contribution in [3.63, 3.8) is 0 Å². The molecule has 1 aromatic rings. The number of hydrogen-bond donors (Lipinski definition) is 0. The van der Waals surface area contributed by atoms with Crippen LogP contribution in [0.4, 0.5) is 0 Å². The van der Waals surface area contributed by atoms with Gasteiger partial charge in [0, 0.05) is 18.6 Å². The predicted octanol–water partition coefficient (Wildman–Crippen LogP) is 2.71. The minimum absolute atomic E-state index is 0.289. The average Bonchev–Trinajstić information content (AvgIpc) is 2.91. The topological polar surface area (TPSA) is 23.6 Å². The fraction of sp³-hybridized carbons (Fsp3) is 0.611. The zero-order valence-corrected chi connectivity index (χ0v) is 13.1. The fourth-order valence-corrected chi connectivity index (χ4v) is 4.11. The number of carbonyl (C=O) groups excluding carboxylic acids is 1. The molecule has 0 N–H and O–H groups in total. The number of rotatable bonds is 3. The Kier molecular flexibility index (Phi) is 4.29. The van der Waals surface area contributed by atoms with Crippen molar-refractivity contribution in [1.82, 2.24) is 9.80 Å². The lowest BCUT2D eigenvalue weighted by atomic mass is 9.85. The van der Waals surface area contributed by atoms with Crippen molar-refractivity contribution in [3.8, 4) is 0 Å². The van der Waals surface area contributed by atoms with E-state index >= 15 is 0 Å². The predicted molar refractivity (Wildman–Crippen MR) is 85.2 cm³/mol. The van der Waals surface area contributed by atoms with E-state index < -0.39 is 0 Å². The van der Waals surface area contributed by atoms with Gasteiger partial charge in [-0.25, -0.2) is 0 Å². The van der Waals surface area contributed by atoms with Crippen LogP contribution in [0, 0.1) is 0 Å². The van der Waals surface area contributed by atoms with Gasteiger partial charge in [0.2, 0.25) is 5.91 Å². The summed E-state index contributed by atoms with van der Waals surface area (Å²) >= 11 is 0. The number of piperidine rings is 1. The zero-order chi connectivity index (χ0) is 14.7. The van der Waals surface area contributed by atoms with Gasteiger partial charge in [-0.1, -0.05) is 37.3 Å². The van der Waals surface area contributed by atoms with Crippen LogP contribution in [-0.4, -0.2) is 47.4 Å². The van der Waals surface area contributed by atoms with Gasteiger partial charge < -0.3 is 4.90 Å². The van der Waals surface area contributed by atoms with Crippen LogP contribution < -0.4 is 0 Å². The van der Waals surface area contributed by atoms with Gasteiger partial charge in [0.05, 0.1) is 6.42 Å². The third-order valence-corrected chi connectivity index (χ3v) is 5.37. The summed E-state index contributed by atoms with van der Waals surface area (Å²) in [7, 11) is 0. The van der Waals surface area contributed by atoms with Crippen molar-refractivity contribution in [2.45, 2.75) is 44.6 Å². The van der Waals surface area contributed by atoms with E-state index in [9.17, 15) is 4.79 Å². The van der Waals surface area contributed by atoms with Gasteiger partial charge >= 0.3 is 0 Å². The normalized spacial score (nSPS) is 21.9. The van der Waals surface area contributed by atoms with E-state index in [0.717, 1.165) is 38.0 Å². The van der Waals surface area contributed by atoms with Gasteiger partial charge in [-0.2, -0.15) is 0 Å². The molecular weight excluding hydrogens is 260 g/mol. The van der Waals surface area contributed by atoms with Crippen molar-refractivity contribution < 1.29 is 4.79 Å². The average molecular weight is 286 g/mol. The molecule has 0 bridgehead atoms. The second-order valence-corrected chi connectivity index (χ2v) is 6.45. The van der Waals surface area contributed by atoms with Crippen LogP contribution in [0.15, 0.2) is 30.3 Å². The third-order valence-electron chi connectivity index (χ3n) is 5.37. The Bertz CT molecular complexity index is 477. The van der Waals surface area contributed by atoms with E-state index in [1.54, 1.807) is 0 Å². The van der Waals surface area contributed by atoms with Crippen LogP contribution >= 0.6 is 0 Å². The maximum atomic E-state index is 12.4. The largest absolute Gasteiger partial charge is 0.342 e. The lowest BCUT2D eigenvalue weighted by Gasteiger charge is -2.45. The van der Waals surface area contributed by atoms with Crippen LogP contribution in [-0.2, 0) is 11.2 Å². The lowest BCUT2D eigenvalue weighted by molar-refractivity contribution is -0.132. The second kappa shape index (κ2) is 6.18. The summed E-state index contributed by atoms with van der Waals surface area (Å²) in [6.07, 6.45) is 5.50. The van der Waals surface area contributed by atoms with Gasteiger partial charge in [-0.15, -0.1) is 0 Å². The summed E-state index contributed by atoms with van der Waals surface area (Å²) in [5.74, 6) is 0.289. The van der Waals surface area contributed by atoms with Crippen LogP contribution in [0.25, 0.3) is 0 Å². The molecule has 114 valence electrons. The summed E-state index contributed by atoms with van der Waals surface area (Å²) in [6, 6.07) is 10.1. The molecule has 3 heteroatoms. The second-order valence-electron chi connectivity index (χ2n) is 6.45. The van der Waals surface area contributed by atoms with Crippen molar-refractivity contribution >= 4 is 5.91 Å². The van der Waals surface area contributed by atoms with Crippen molar-refractivity contribution in [3.05, 3.63) is 35.9 Å². The summed E-state index contributed by atoms with van der Waals surface area (Å²) in [6.45, 7) is 6.52. The molecule has 2 heterocycles. The molecule has 3 nitrogen and oxygen atoms in total. The van der Waals surface area contributed by atoms with Crippen molar-refractivity contribution in [2.75, 3.05) is 26.2 Å². The first-order valence-corrected chi connectivity index (χ1v) is 8.30. The van der Waals surface area contributed by atoms with E-state index in [1.807, 2.05) is 30.3 Å². The minimum atomic E-state index is 0.289. The molecule has 2 aliphatic heterocycles. The highest BCUT2D eigenvalue weighted by atomic mass is 16.2. The first-order chi connectivity index (χ1) is 10.2. The minimum Gasteiger partial charge on any atom is -0.342 e. The van der Waals surface area contributed by atoms with Crippen LogP contribution in [0.5, 0.6) is 0 Å². The molecule has 1 aromatic carbocycles. The highest BCUT2D eigenvalue weighted by molar-refractivity contribution is 5.78. The SMILES string of the molecule is CCN1CCCC12CCN(C(=O)Cc1ccccc1)CC2. The van der Waals surface area contributed by atoms with E-state index in [-0.39, 0.29) is 5.91 Å². The maximum absolute atomic E-state index is 12.4. The number of likely N-dealkylation sites (tertiary alicyclic amines) is 2. The van der Waals surface area contributed by atoms with Gasteiger partial charge in [-0.05, 0) is 44.3 Å². The molecule has 0 saturated carbocycles. The Balaban J connectivity index is 1.57. The molecule has 0 radical (unpaired) electrons. The monoisotopic (exact) mass is 286 g/mol. The molecule has 2 fully saturated rings. The quantitative estimate of drug-likeness (QED) is 0.853. The van der Waals surface area contributed by atoms with Crippen LogP contribution in [0.2, 0.25) is 0 Å². The van der Waals surface area contributed by atoms with E-state index in [4.69, 9.17) is 0 Å². The summed E-state index contributed by atoms with van der Waals surface area (Å²) in [5.41, 5.74) is 1.52. The molecule has 0 atom stereocenters. The lowest BCUT2D eigenvalue weighted by Crippen LogP contribution is -2.53. The van der Waals surface area contributed by atoms with E-state index in [0.29, 0.717) is 12.0 Å². The Morgan fingerprint density at radius 2 is 1.81 bits per heavy atom. The van der Waals surface area contributed by atoms with E-state index in [2.05, 4.69) is 16.7 Å². The molecule has 0 aromatic heterocycles. The fourth-order valence-electron chi connectivity index (χ4n) is 4.11. The Morgan fingerprint density at radius 3 is 2.48 bits per heavy atom. The molecular formula is C18H26N2O. The Hall–Kier alpha value is -1.35. The van der Waals surface area contributed by atoms with Crippen LogP contribution in [0.1, 0.15) is 38.2 Å². The summed E-state index contributed by atoms with van der Waals surface area (Å²) in [5, 5.41) is 0. The molecule has 3 rings (SSSR count). The molecule has 21 heavy (non-hydrogen) atoms. The number of carbonyl (C=O) groups is 1. The van der Waals surface area contributed by atoms with Gasteiger partial charge in [0.15, 0.2) is 0 Å². The summed E-state index contributed by atoms with van der Waals surface area (Å²) < 4.78 is 0. The highest BCUT2D eigenvalue weighted by Crippen LogP contribution is 2.38. The molecule has 1 spiro atoms. The first-order valence-electron chi connectivity index (χ1n) is 8.30. The van der Waals surface area contributed by atoms with Gasteiger partial charge in [0.1, 0.15) is 0 Å². The Morgan fingerprint density at radius 1 is 1.10 bits per heavy atom. The highest BCUT2D eigenvalue weighted by Gasteiger charge is 2.42. The van der Waals surface area contributed by atoms with Crippen LogP contribution in [0.3, 0.4) is 0 Å². The number of nitrogens with zero attached hydrogens (tertiary/aromatic N) is 2. The van der Waals surface area contributed by atoms with Crippen molar-refractivity contribution in [2.24, 2.45) is 0 Å². The molecule has 0 aliphatic carbocycles. The summed E-state index contributed by atoms with van der Waals surface area (Å²) in [4.78, 5) is 17.2. The maximum Gasteiger partial charge on any atom is 0.226 e. The zero-order valence-electron chi connectivity index (χ0n) is 13.1. The number of hydrogen-bond acceptors (Lipinski definition) is 2. The van der Waals surface area contributed by atoms with Gasteiger partial charge in [0.25, 0.3) is 0 Å². The Labute approximate surface area is 127 Å². The standard InChI is InChI=1S/C18H26N2O/c1-2-20-12-6-9-18(20)10-13-19(14-11-18)17(21)15-16-7-4-3-5-8-16/h3-5,7-8H,2,6,9-15H2,1H3. The molecule has 2 aliphatic rings. The number of benzene rings is 1. The first kappa shape index (κ1) is 14.6. The molecule has 1 amide bonds. The third kappa shape index (κ3) is 2.98. The van der Waals surface area contributed by atoms with Crippen molar-refractivity contribution in [1.29, 1.82) is 0 Å². The molecule has 0 unspecified atom stereocenters. The molecule has 2 saturated heterocycles. The van der Waals surface area contributed by atoms with E-state index in [1.165, 1.54) is 19.4 Å².